The van der Waals surface area contributed by atoms with Gasteiger partial charge in [-0.1, -0.05) is 39.8 Å². The Bertz CT molecular complexity index is 381. The van der Waals surface area contributed by atoms with Gasteiger partial charge in [-0.2, -0.15) is 0 Å². The summed E-state index contributed by atoms with van der Waals surface area (Å²) >= 11 is 0. The molecule has 1 nitrogen and oxygen atoms in total. The average Bonchev–Trinajstić information content (AvgIpc) is 2.36. The zero-order chi connectivity index (χ0) is 12.4. The van der Waals surface area contributed by atoms with Gasteiger partial charge in [0.25, 0.3) is 0 Å². The van der Waals surface area contributed by atoms with Crippen molar-refractivity contribution in [3.8, 4) is 0 Å². The van der Waals surface area contributed by atoms with E-state index < -0.39 is 0 Å². The lowest BCUT2D eigenvalue weighted by Crippen LogP contribution is -2.27. The molecule has 0 aromatic heterocycles. The van der Waals surface area contributed by atoms with Crippen LogP contribution in [0.1, 0.15) is 51.2 Å². The minimum Gasteiger partial charge on any atom is -0.385 e. The molecule has 0 radical (unpaired) electrons. The van der Waals surface area contributed by atoms with Gasteiger partial charge in [0, 0.05) is 12.2 Å². The maximum absolute atomic E-state index is 3.58. The summed E-state index contributed by atoms with van der Waals surface area (Å²) in [5.74, 6) is 2.23. The Labute approximate surface area is 106 Å². The van der Waals surface area contributed by atoms with Crippen LogP contribution >= 0.6 is 0 Å². The summed E-state index contributed by atoms with van der Waals surface area (Å²) < 4.78 is 0. The van der Waals surface area contributed by atoms with Crippen molar-refractivity contribution in [2.75, 3.05) is 11.9 Å². The zero-order valence-electron chi connectivity index (χ0n) is 11.6. The van der Waals surface area contributed by atoms with Crippen LogP contribution in [0.2, 0.25) is 0 Å². The normalized spacial score (nSPS) is 20.9. The number of fused-ring (bicyclic) bond motifs is 1. The van der Waals surface area contributed by atoms with Gasteiger partial charge in [-0.3, -0.25) is 0 Å². The Balaban J connectivity index is 2.23. The third-order valence-corrected chi connectivity index (χ3v) is 4.29. The first kappa shape index (κ1) is 12.5. The van der Waals surface area contributed by atoms with Crippen molar-refractivity contribution in [1.29, 1.82) is 0 Å². The first-order chi connectivity index (χ1) is 8.11. The fourth-order valence-electron chi connectivity index (χ4n) is 2.56. The van der Waals surface area contributed by atoms with Crippen LogP contribution in [0, 0.1) is 11.8 Å². The van der Waals surface area contributed by atoms with Crippen molar-refractivity contribution >= 4 is 5.69 Å². The summed E-state index contributed by atoms with van der Waals surface area (Å²) in [6, 6.07) is 6.98. The molecule has 1 heteroatoms. The van der Waals surface area contributed by atoms with Crippen LogP contribution in [0.15, 0.2) is 18.2 Å². The molecule has 0 aliphatic carbocycles. The second-order valence-corrected chi connectivity index (χ2v) is 5.82. The molecule has 0 saturated heterocycles. The number of anilines is 1. The highest BCUT2D eigenvalue weighted by molar-refractivity contribution is 5.55. The van der Waals surface area contributed by atoms with Gasteiger partial charge in [0.15, 0.2) is 0 Å². The lowest BCUT2D eigenvalue weighted by Gasteiger charge is -2.29. The third-order valence-electron chi connectivity index (χ3n) is 4.29. The van der Waals surface area contributed by atoms with Crippen LogP contribution in [0.4, 0.5) is 5.69 Å². The topological polar surface area (TPSA) is 12.0 Å². The van der Waals surface area contributed by atoms with Crippen LogP contribution in [-0.4, -0.2) is 6.54 Å². The van der Waals surface area contributed by atoms with E-state index in [2.05, 4.69) is 51.2 Å². The molecule has 0 spiro atoms. The van der Waals surface area contributed by atoms with Crippen LogP contribution in [-0.2, 0) is 6.42 Å². The van der Waals surface area contributed by atoms with Gasteiger partial charge in [0.1, 0.15) is 0 Å². The molecule has 0 bridgehead atoms. The maximum atomic E-state index is 3.58. The van der Waals surface area contributed by atoms with E-state index in [-0.39, 0.29) is 0 Å². The van der Waals surface area contributed by atoms with Gasteiger partial charge in [-0.15, -0.1) is 0 Å². The minimum absolute atomic E-state index is 0.680. The first-order valence-electron chi connectivity index (χ1n) is 6.98. The SMILES string of the molecule is CCC(C)c1ccc2c(c1)CC(C(C)C)CN2. The molecule has 1 N–H and O–H groups in total. The van der Waals surface area contributed by atoms with Crippen molar-refractivity contribution in [3.63, 3.8) is 0 Å². The molecule has 0 amide bonds. The molecule has 0 fully saturated rings. The van der Waals surface area contributed by atoms with Gasteiger partial charge < -0.3 is 5.32 Å². The summed E-state index contributed by atoms with van der Waals surface area (Å²) in [6.07, 6.45) is 2.46. The van der Waals surface area contributed by atoms with E-state index in [1.54, 1.807) is 0 Å². The summed E-state index contributed by atoms with van der Waals surface area (Å²) in [5, 5.41) is 3.58. The molecule has 1 aromatic carbocycles. The van der Waals surface area contributed by atoms with Crippen molar-refractivity contribution in [3.05, 3.63) is 29.3 Å². The molecule has 1 aliphatic heterocycles. The average molecular weight is 231 g/mol. The van der Waals surface area contributed by atoms with Crippen LogP contribution < -0.4 is 5.32 Å². The standard InChI is InChI=1S/C16H25N/c1-5-12(4)13-6-7-16-14(8-13)9-15(10-17-16)11(2)3/h6-8,11-12,15,17H,5,9-10H2,1-4H3. The zero-order valence-corrected chi connectivity index (χ0v) is 11.6. The molecule has 1 aliphatic rings. The summed E-state index contributed by atoms with van der Waals surface area (Å²) in [6.45, 7) is 10.4. The second kappa shape index (κ2) is 5.12. The highest BCUT2D eigenvalue weighted by Crippen LogP contribution is 2.31. The second-order valence-electron chi connectivity index (χ2n) is 5.82. The predicted molar refractivity (Wildman–Crippen MR) is 75.7 cm³/mol. The summed E-state index contributed by atoms with van der Waals surface area (Å²) in [7, 11) is 0. The molecule has 2 rings (SSSR count). The Hall–Kier alpha value is -0.980. The summed E-state index contributed by atoms with van der Waals surface area (Å²) in [4.78, 5) is 0. The fourth-order valence-corrected chi connectivity index (χ4v) is 2.56. The van der Waals surface area contributed by atoms with E-state index in [1.807, 2.05) is 0 Å². The molecule has 94 valence electrons. The molecule has 17 heavy (non-hydrogen) atoms. The number of rotatable bonds is 3. The highest BCUT2D eigenvalue weighted by atomic mass is 14.9. The van der Waals surface area contributed by atoms with Crippen molar-refractivity contribution in [2.45, 2.75) is 46.5 Å². The Morgan fingerprint density at radius 3 is 2.71 bits per heavy atom. The van der Waals surface area contributed by atoms with Gasteiger partial charge in [0.05, 0.1) is 0 Å². The van der Waals surface area contributed by atoms with Gasteiger partial charge in [-0.05, 0) is 47.8 Å². The third kappa shape index (κ3) is 2.65. The number of hydrogen-bond donors (Lipinski definition) is 1. The van der Waals surface area contributed by atoms with Gasteiger partial charge in [0.2, 0.25) is 0 Å². The van der Waals surface area contributed by atoms with Crippen LogP contribution in [0.25, 0.3) is 0 Å². The van der Waals surface area contributed by atoms with Crippen molar-refractivity contribution < 1.29 is 0 Å². The molecule has 0 saturated carbocycles. The van der Waals surface area contributed by atoms with E-state index in [0.717, 1.165) is 18.4 Å². The molecule has 2 atom stereocenters. The monoisotopic (exact) mass is 231 g/mol. The Morgan fingerprint density at radius 1 is 1.29 bits per heavy atom. The van der Waals surface area contributed by atoms with Crippen molar-refractivity contribution in [2.24, 2.45) is 11.8 Å². The first-order valence-corrected chi connectivity index (χ1v) is 6.98. The number of hydrogen-bond acceptors (Lipinski definition) is 1. The predicted octanol–water partition coefficient (Wildman–Crippen LogP) is 4.44. The highest BCUT2D eigenvalue weighted by Gasteiger charge is 2.21. The van der Waals surface area contributed by atoms with Crippen molar-refractivity contribution in [1.82, 2.24) is 0 Å². The van der Waals surface area contributed by atoms with Gasteiger partial charge >= 0.3 is 0 Å². The number of benzene rings is 1. The molecule has 1 aromatic rings. The summed E-state index contributed by atoms with van der Waals surface area (Å²) in [5.41, 5.74) is 4.37. The van der Waals surface area contributed by atoms with E-state index in [4.69, 9.17) is 0 Å². The lowest BCUT2D eigenvalue weighted by atomic mass is 9.84. The maximum Gasteiger partial charge on any atom is 0.0373 e. The number of nitrogens with one attached hydrogen (secondary N) is 1. The molecular formula is C16H25N. The Kier molecular flexibility index (Phi) is 3.76. The quantitative estimate of drug-likeness (QED) is 0.811. The van der Waals surface area contributed by atoms with E-state index >= 15 is 0 Å². The fraction of sp³-hybridized carbons (Fsp3) is 0.625. The Morgan fingerprint density at radius 2 is 2.06 bits per heavy atom. The molecule has 1 heterocycles. The van der Waals surface area contributed by atoms with Crippen LogP contribution in [0.3, 0.4) is 0 Å². The van der Waals surface area contributed by atoms with Crippen LogP contribution in [0.5, 0.6) is 0 Å². The minimum atomic E-state index is 0.680. The van der Waals surface area contributed by atoms with E-state index in [1.165, 1.54) is 29.7 Å². The lowest BCUT2D eigenvalue weighted by molar-refractivity contribution is 0.393. The van der Waals surface area contributed by atoms with E-state index in [0.29, 0.717) is 5.92 Å². The largest absolute Gasteiger partial charge is 0.385 e. The smallest absolute Gasteiger partial charge is 0.0373 e. The van der Waals surface area contributed by atoms with Gasteiger partial charge in [-0.25, -0.2) is 0 Å². The molecular weight excluding hydrogens is 206 g/mol. The molecule has 2 unspecified atom stereocenters. The van der Waals surface area contributed by atoms with E-state index in [9.17, 15) is 0 Å².